The molecular weight excluding hydrogens is 281 g/mol. The van der Waals surface area contributed by atoms with Gasteiger partial charge in [0.25, 0.3) is 0 Å². The summed E-state index contributed by atoms with van der Waals surface area (Å²) < 4.78 is 39.5. The number of carboxylic acids is 1. The van der Waals surface area contributed by atoms with Crippen molar-refractivity contribution in [1.82, 2.24) is 0 Å². The lowest BCUT2D eigenvalue weighted by Gasteiger charge is -2.07. The predicted octanol–water partition coefficient (Wildman–Crippen LogP) is 4.12. The van der Waals surface area contributed by atoms with Crippen LogP contribution in [0.3, 0.4) is 0 Å². The first-order valence-corrected chi connectivity index (χ1v) is 5.45. The highest BCUT2D eigenvalue weighted by atomic mass is 35.5. The average Bonchev–Trinajstić information content (AvgIpc) is 2.34. The van der Waals surface area contributed by atoms with Gasteiger partial charge < -0.3 is 5.11 Å². The Morgan fingerprint density at radius 2 is 1.63 bits per heavy atom. The van der Waals surface area contributed by atoms with Crippen molar-refractivity contribution in [1.29, 1.82) is 0 Å². The third-order valence-corrected chi connectivity index (χ3v) is 2.85. The molecular formula is C13H6ClF3O2. The Hall–Kier alpha value is -2.01. The molecule has 0 aliphatic carbocycles. The van der Waals surface area contributed by atoms with Crippen molar-refractivity contribution in [2.75, 3.05) is 0 Å². The lowest BCUT2D eigenvalue weighted by molar-refractivity contribution is 0.0697. The molecule has 0 spiro atoms. The number of hydrogen-bond acceptors (Lipinski definition) is 1. The van der Waals surface area contributed by atoms with Crippen LogP contribution in [0.2, 0.25) is 5.02 Å². The zero-order valence-electron chi connectivity index (χ0n) is 9.25. The molecule has 0 heterocycles. The molecule has 0 aliphatic heterocycles. The van der Waals surface area contributed by atoms with E-state index in [9.17, 15) is 18.0 Å². The molecule has 2 aromatic carbocycles. The summed E-state index contributed by atoms with van der Waals surface area (Å²) in [7, 11) is 0. The zero-order valence-corrected chi connectivity index (χ0v) is 10.0. The minimum Gasteiger partial charge on any atom is -0.478 e. The maximum atomic E-state index is 13.6. The molecule has 0 amide bonds. The molecule has 0 fully saturated rings. The Kier molecular flexibility index (Phi) is 3.48. The molecule has 98 valence electrons. The van der Waals surface area contributed by atoms with Crippen LogP contribution in [-0.2, 0) is 0 Å². The first-order valence-electron chi connectivity index (χ1n) is 5.08. The number of carbonyl (C=O) groups is 1. The maximum absolute atomic E-state index is 13.6. The lowest BCUT2D eigenvalue weighted by atomic mass is 10.0. The number of halogens is 4. The van der Waals surface area contributed by atoms with E-state index >= 15 is 0 Å². The molecule has 0 unspecified atom stereocenters. The molecule has 0 saturated heterocycles. The Labute approximate surface area is 111 Å². The van der Waals surface area contributed by atoms with Crippen LogP contribution in [0.15, 0.2) is 30.3 Å². The fourth-order valence-corrected chi connectivity index (χ4v) is 1.80. The van der Waals surface area contributed by atoms with Crippen LogP contribution >= 0.6 is 11.6 Å². The van der Waals surface area contributed by atoms with Gasteiger partial charge in [0.2, 0.25) is 0 Å². The highest BCUT2D eigenvalue weighted by Gasteiger charge is 2.15. The fourth-order valence-electron chi connectivity index (χ4n) is 1.60. The summed E-state index contributed by atoms with van der Waals surface area (Å²) in [4.78, 5) is 10.9. The van der Waals surface area contributed by atoms with Crippen molar-refractivity contribution in [3.63, 3.8) is 0 Å². The van der Waals surface area contributed by atoms with E-state index in [1.54, 1.807) is 0 Å². The van der Waals surface area contributed by atoms with Gasteiger partial charge in [-0.2, -0.15) is 0 Å². The van der Waals surface area contributed by atoms with Gasteiger partial charge in [-0.15, -0.1) is 0 Å². The van der Waals surface area contributed by atoms with E-state index in [-0.39, 0.29) is 21.7 Å². The van der Waals surface area contributed by atoms with Gasteiger partial charge in [-0.3, -0.25) is 0 Å². The van der Waals surface area contributed by atoms with Gasteiger partial charge in [0, 0.05) is 11.6 Å². The van der Waals surface area contributed by atoms with E-state index in [4.69, 9.17) is 16.7 Å². The molecule has 2 nitrogen and oxygen atoms in total. The SMILES string of the molecule is O=C(O)c1cc(-c2cc(F)c(F)cc2F)ccc1Cl. The highest BCUT2D eigenvalue weighted by Crippen LogP contribution is 2.28. The second-order valence-corrected chi connectivity index (χ2v) is 4.15. The van der Waals surface area contributed by atoms with Crippen molar-refractivity contribution in [3.05, 3.63) is 58.4 Å². The first-order chi connectivity index (χ1) is 8.90. The summed E-state index contributed by atoms with van der Waals surface area (Å²) in [6, 6.07) is 4.74. The third kappa shape index (κ3) is 2.56. The summed E-state index contributed by atoms with van der Waals surface area (Å²) in [6.45, 7) is 0. The van der Waals surface area contributed by atoms with Gasteiger partial charge in [-0.05, 0) is 23.8 Å². The van der Waals surface area contributed by atoms with Crippen molar-refractivity contribution < 1.29 is 23.1 Å². The second-order valence-electron chi connectivity index (χ2n) is 3.75. The van der Waals surface area contributed by atoms with Crippen LogP contribution < -0.4 is 0 Å². The van der Waals surface area contributed by atoms with E-state index in [1.807, 2.05) is 0 Å². The molecule has 0 atom stereocenters. The summed E-state index contributed by atoms with van der Waals surface area (Å²) in [5.74, 6) is -4.82. The zero-order chi connectivity index (χ0) is 14.2. The van der Waals surface area contributed by atoms with Crippen LogP contribution in [0.1, 0.15) is 10.4 Å². The van der Waals surface area contributed by atoms with E-state index in [2.05, 4.69) is 0 Å². The quantitative estimate of drug-likeness (QED) is 0.843. The summed E-state index contributed by atoms with van der Waals surface area (Å²) in [5, 5.41) is 8.86. The normalized spacial score (nSPS) is 10.5. The molecule has 0 radical (unpaired) electrons. The van der Waals surface area contributed by atoms with E-state index in [0.29, 0.717) is 12.1 Å². The van der Waals surface area contributed by atoms with Crippen LogP contribution in [0.25, 0.3) is 11.1 Å². The molecule has 0 aromatic heterocycles. The monoisotopic (exact) mass is 286 g/mol. The summed E-state index contributed by atoms with van der Waals surface area (Å²) >= 11 is 5.67. The Morgan fingerprint density at radius 3 is 2.26 bits per heavy atom. The van der Waals surface area contributed by atoms with Crippen LogP contribution in [0.4, 0.5) is 13.2 Å². The predicted molar refractivity (Wildman–Crippen MR) is 63.7 cm³/mol. The van der Waals surface area contributed by atoms with Crippen LogP contribution in [0.5, 0.6) is 0 Å². The second kappa shape index (κ2) is 4.93. The maximum Gasteiger partial charge on any atom is 0.337 e. The first kappa shape index (κ1) is 13.4. The number of aromatic carboxylic acids is 1. The van der Waals surface area contributed by atoms with Gasteiger partial charge in [-0.25, -0.2) is 18.0 Å². The summed E-state index contributed by atoms with van der Waals surface area (Å²) in [5.41, 5.74) is -0.389. The fraction of sp³-hybridized carbons (Fsp3) is 0. The number of carboxylic acid groups (broad SMARTS) is 1. The smallest absolute Gasteiger partial charge is 0.337 e. The minimum atomic E-state index is -1.31. The van der Waals surface area contributed by atoms with Gasteiger partial charge in [0.1, 0.15) is 5.82 Å². The Bertz CT molecular complexity index is 671. The van der Waals surface area contributed by atoms with Crippen molar-refractivity contribution in [2.45, 2.75) is 0 Å². The molecule has 1 N–H and O–H groups in total. The highest BCUT2D eigenvalue weighted by molar-refractivity contribution is 6.33. The number of rotatable bonds is 2. The third-order valence-electron chi connectivity index (χ3n) is 2.52. The van der Waals surface area contributed by atoms with Crippen LogP contribution in [-0.4, -0.2) is 11.1 Å². The van der Waals surface area contributed by atoms with E-state index < -0.39 is 23.4 Å². The standard InChI is InChI=1S/C13H6ClF3O2/c14-9-2-1-6(3-8(9)13(18)19)7-4-11(16)12(17)5-10(7)15/h1-5H,(H,18,19). The molecule has 2 aromatic rings. The Balaban J connectivity index is 2.63. The van der Waals surface area contributed by atoms with Crippen molar-refractivity contribution in [2.24, 2.45) is 0 Å². The molecule has 0 bridgehead atoms. The van der Waals surface area contributed by atoms with Crippen molar-refractivity contribution in [3.8, 4) is 11.1 Å². The molecule has 0 saturated carbocycles. The van der Waals surface area contributed by atoms with Gasteiger partial charge in [0.05, 0.1) is 10.6 Å². The molecule has 19 heavy (non-hydrogen) atoms. The Morgan fingerprint density at radius 1 is 1.00 bits per heavy atom. The number of hydrogen-bond donors (Lipinski definition) is 1. The largest absolute Gasteiger partial charge is 0.478 e. The van der Waals surface area contributed by atoms with E-state index in [1.165, 1.54) is 12.1 Å². The lowest BCUT2D eigenvalue weighted by Crippen LogP contribution is -1.98. The van der Waals surface area contributed by atoms with Gasteiger partial charge in [-0.1, -0.05) is 17.7 Å². The molecule has 6 heteroatoms. The average molecular weight is 287 g/mol. The van der Waals surface area contributed by atoms with Crippen molar-refractivity contribution >= 4 is 17.6 Å². The van der Waals surface area contributed by atoms with Gasteiger partial charge in [0.15, 0.2) is 11.6 Å². The van der Waals surface area contributed by atoms with E-state index in [0.717, 1.165) is 6.07 Å². The van der Waals surface area contributed by atoms with Crippen LogP contribution in [0, 0.1) is 17.5 Å². The number of benzene rings is 2. The van der Waals surface area contributed by atoms with Gasteiger partial charge >= 0.3 is 5.97 Å². The molecule has 2 rings (SSSR count). The topological polar surface area (TPSA) is 37.3 Å². The minimum absolute atomic E-state index is 0.0285. The summed E-state index contributed by atoms with van der Waals surface area (Å²) in [6.07, 6.45) is 0. The molecule has 0 aliphatic rings.